The molecule has 0 saturated heterocycles. The summed E-state index contributed by atoms with van der Waals surface area (Å²) >= 11 is 0. The first kappa shape index (κ1) is 30.2. The number of hydrogen-bond acceptors (Lipinski definition) is 8. The zero-order chi connectivity index (χ0) is 29.0. The molecule has 3 N–H and O–H groups in total. The molecule has 3 aromatic rings. The number of nitrogens with one attached hydrogen (secondary N) is 3. The second-order valence-electron chi connectivity index (χ2n) is 10.6. The smallest absolute Gasteiger partial charge is 0.413 e. The van der Waals surface area contributed by atoms with E-state index in [1.807, 2.05) is 34.7 Å². The van der Waals surface area contributed by atoms with Gasteiger partial charge in [0.1, 0.15) is 11.4 Å². The number of carbonyl (C=O) groups is 2. The Balaban J connectivity index is 1.64. The fourth-order valence-electron chi connectivity index (χ4n) is 3.64. The Kier molecular flexibility index (Phi) is 9.44. The van der Waals surface area contributed by atoms with E-state index in [2.05, 4.69) is 58.7 Å². The van der Waals surface area contributed by atoms with Crippen LogP contribution in [-0.4, -0.2) is 54.3 Å². The van der Waals surface area contributed by atoms with Crippen LogP contribution in [0.1, 0.15) is 50.9 Å². The van der Waals surface area contributed by atoms with Crippen LogP contribution in [0.3, 0.4) is 0 Å². The van der Waals surface area contributed by atoms with Crippen LogP contribution in [0, 0.1) is 0 Å². The number of nitrogens with zero attached hydrogens (tertiary/aromatic N) is 4. The lowest BCUT2D eigenvalue weighted by Crippen LogP contribution is -2.30. The lowest BCUT2D eigenvalue weighted by molar-refractivity contribution is 0.0635. The van der Waals surface area contributed by atoms with Crippen molar-refractivity contribution in [2.24, 2.45) is 14.1 Å². The summed E-state index contributed by atoms with van der Waals surface area (Å²) in [5.41, 5.74) is 3.08. The molecule has 0 aromatic carbocycles. The molecule has 210 valence electrons. The maximum atomic E-state index is 12.8. The maximum Gasteiger partial charge on any atom is 0.413 e. The molecule has 0 aliphatic carbocycles. The zero-order valence-electron chi connectivity index (χ0n) is 23.7. The molecule has 3 aromatic heterocycles. The Morgan fingerprint density at radius 2 is 1.74 bits per heavy atom. The van der Waals surface area contributed by atoms with E-state index in [9.17, 15) is 9.59 Å². The monoisotopic (exact) mass is 571 g/mol. The molecule has 0 fully saturated rings. The molecule has 0 aliphatic heterocycles. The predicted octanol–water partition coefficient (Wildman–Crippen LogP) is 5.77. The fraction of sp³-hybridized carbons (Fsp3) is 0.407. The summed E-state index contributed by atoms with van der Waals surface area (Å²) in [6.45, 7) is 14.7. The quantitative estimate of drug-likeness (QED) is 0.263. The number of anilines is 2. The van der Waals surface area contributed by atoms with Crippen molar-refractivity contribution in [3.05, 3.63) is 54.9 Å². The second kappa shape index (κ2) is 12.2. The van der Waals surface area contributed by atoms with Crippen molar-refractivity contribution in [1.82, 2.24) is 24.4 Å². The summed E-state index contributed by atoms with van der Waals surface area (Å²) in [7, 11) is 7.23. The van der Waals surface area contributed by atoms with Gasteiger partial charge in [-0.05, 0) is 59.1 Å². The van der Waals surface area contributed by atoms with Crippen molar-refractivity contribution >= 4 is 50.9 Å². The fourth-order valence-corrected chi connectivity index (χ4v) is 5.76. The van der Waals surface area contributed by atoms with Gasteiger partial charge in [-0.15, -0.1) is 0 Å². The van der Waals surface area contributed by atoms with Gasteiger partial charge in [-0.3, -0.25) is 10.1 Å². The Hall–Kier alpha value is -3.38. The molecule has 0 unspecified atom stereocenters. The third kappa shape index (κ3) is 8.56. The van der Waals surface area contributed by atoms with E-state index in [0.717, 1.165) is 29.1 Å². The van der Waals surface area contributed by atoms with E-state index in [1.165, 1.54) is 10.8 Å². The number of pyridine rings is 1. The highest BCUT2D eigenvalue weighted by molar-refractivity contribution is 8.76. The Labute approximate surface area is 237 Å². The average Bonchev–Trinajstić information content (AvgIpc) is 3.39. The van der Waals surface area contributed by atoms with Gasteiger partial charge < -0.3 is 24.5 Å². The van der Waals surface area contributed by atoms with E-state index in [1.54, 1.807) is 50.9 Å². The lowest BCUT2D eigenvalue weighted by Gasteiger charge is -2.24. The lowest BCUT2D eigenvalue weighted by atomic mass is 10.1. The SMILES string of the molecule is C=C(NCC(C)(C)SSC)c1cc(-c2ccc(NC(=O)c3nc(NC(=O)OC(C)(C)C)cn3C)nc2)cn1C. The molecule has 2 amide bonds. The van der Waals surface area contributed by atoms with Gasteiger partial charge in [0.05, 0.1) is 11.4 Å². The van der Waals surface area contributed by atoms with Crippen LogP contribution in [0.4, 0.5) is 16.4 Å². The normalized spacial score (nSPS) is 11.7. The standard InChI is InChI=1S/C27H37N7O3S2/c1-17(29-16-27(5,6)39-38-9)20-12-19(14-33(20)7)18-10-11-21(28-13-18)31-24(35)23-30-22(15-34(23)8)32-25(36)37-26(2,3)4/h10-15,29H,1,16H2,2-9H3,(H,32,36)(H,28,31,35). The molecule has 0 bridgehead atoms. The molecular formula is C27H37N7O3S2. The van der Waals surface area contributed by atoms with Gasteiger partial charge in [0.15, 0.2) is 5.82 Å². The first-order valence-corrected chi connectivity index (χ1v) is 14.9. The van der Waals surface area contributed by atoms with Crippen LogP contribution < -0.4 is 16.0 Å². The van der Waals surface area contributed by atoms with Crippen LogP contribution in [0.25, 0.3) is 16.8 Å². The molecule has 3 heterocycles. The number of rotatable bonds is 10. The van der Waals surface area contributed by atoms with Crippen molar-refractivity contribution in [3.63, 3.8) is 0 Å². The van der Waals surface area contributed by atoms with E-state index >= 15 is 0 Å². The minimum Gasteiger partial charge on any atom is -0.444 e. The Bertz CT molecular complexity index is 1340. The van der Waals surface area contributed by atoms with E-state index in [0.29, 0.717) is 5.82 Å². The summed E-state index contributed by atoms with van der Waals surface area (Å²) in [6, 6.07) is 5.69. The van der Waals surface area contributed by atoms with E-state index < -0.39 is 17.6 Å². The molecule has 0 atom stereocenters. The molecule has 10 nitrogen and oxygen atoms in total. The molecule has 12 heteroatoms. The summed E-state index contributed by atoms with van der Waals surface area (Å²) in [4.78, 5) is 33.4. The number of amides is 2. The third-order valence-corrected chi connectivity index (χ3v) is 8.01. The van der Waals surface area contributed by atoms with Crippen LogP contribution >= 0.6 is 21.6 Å². The van der Waals surface area contributed by atoms with Crippen LogP contribution in [0.15, 0.2) is 43.4 Å². The van der Waals surface area contributed by atoms with Crippen molar-refractivity contribution in [2.45, 2.75) is 45.0 Å². The summed E-state index contributed by atoms with van der Waals surface area (Å²) in [6.07, 6.45) is 6.69. The molecule has 39 heavy (non-hydrogen) atoms. The Morgan fingerprint density at radius 3 is 2.36 bits per heavy atom. The number of imidazole rings is 1. The molecule has 0 aliphatic rings. The molecule has 0 saturated carbocycles. The number of carbonyl (C=O) groups excluding carboxylic acids is 2. The minimum atomic E-state index is -0.647. The van der Waals surface area contributed by atoms with Gasteiger partial charge in [-0.2, -0.15) is 0 Å². The largest absolute Gasteiger partial charge is 0.444 e. The van der Waals surface area contributed by atoms with E-state index in [-0.39, 0.29) is 16.4 Å². The maximum absolute atomic E-state index is 12.8. The van der Waals surface area contributed by atoms with Gasteiger partial charge in [0.2, 0.25) is 5.82 Å². The molecule has 0 spiro atoms. The van der Waals surface area contributed by atoms with Crippen molar-refractivity contribution < 1.29 is 14.3 Å². The highest BCUT2D eigenvalue weighted by Gasteiger charge is 2.21. The van der Waals surface area contributed by atoms with Gasteiger partial charge in [-0.25, -0.2) is 14.8 Å². The first-order chi connectivity index (χ1) is 18.2. The van der Waals surface area contributed by atoms with Gasteiger partial charge in [0.25, 0.3) is 5.91 Å². The zero-order valence-corrected chi connectivity index (χ0v) is 25.3. The average molecular weight is 572 g/mol. The summed E-state index contributed by atoms with van der Waals surface area (Å²) in [5, 5.41) is 8.74. The summed E-state index contributed by atoms with van der Waals surface area (Å²) in [5.74, 6) is 0.249. The Morgan fingerprint density at radius 1 is 1.03 bits per heavy atom. The first-order valence-electron chi connectivity index (χ1n) is 12.3. The highest BCUT2D eigenvalue weighted by Crippen LogP contribution is 2.33. The van der Waals surface area contributed by atoms with Crippen molar-refractivity contribution in [2.75, 3.05) is 23.4 Å². The van der Waals surface area contributed by atoms with Gasteiger partial charge in [0, 0.05) is 55.1 Å². The summed E-state index contributed by atoms with van der Waals surface area (Å²) < 4.78 is 8.85. The number of hydrogen-bond donors (Lipinski definition) is 3. The number of aromatic nitrogens is 4. The van der Waals surface area contributed by atoms with Crippen LogP contribution in [0.2, 0.25) is 0 Å². The van der Waals surface area contributed by atoms with E-state index in [4.69, 9.17) is 4.74 Å². The topological polar surface area (TPSA) is 115 Å². The molecule has 3 rings (SSSR count). The predicted molar refractivity (Wildman–Crippen MR) is 162 cm³/mol. The second-order valence-corrected chi connectivity index (χ2v) is 13.7. The molecular weight excluding hydrogens is 534 g/mol. The van der Waals surface area contributed by atoms with Crippen LogP contribution in [-0.2, 0) is 18.8 Å². The van der Waals surface area contributed by atoms with Gasteiger partial charge in [-0.1, -0.05) is 28.2 Å². The third-order valence-electron chi connectivity index (χ3n) is 5.40. The van der Waals surface area contributed by atoms with Crippen molar-refractivity contribution in [3.8, 4) is 11.1 Å². The van der Waals surface area contributed by atoms with Crippen molar-refractivity contribution in [1.29, 1.82) is 0 Å². The number of aryl methyl sites for hydroxylation is 2. The van der Waals surface area contributed by atoms with Crippen LogP contribution in [0.5, 0.6) is 0 Å². The van der Waals surface area contributed by atoms with Gasteiger partial charge >= 0.3 is 6.09 Å². The minimum absolute atomic E-state index is 0.0750. The molecule has 0 radical (unpaired) electrons. The highest BCUT2D eigenvalue weighted by atomic mass is 33.1. The number of ether oxygens (including phenoxy) is 1.